The Kier molecular flexibility index (Phi) is 5.62. The minimum absolute atomic E-state index is 0.157. The number of hydrogen-bond acceptors (Lipinski definition) is 5. The average molecular weight is 380 g/mol. The van der Waals surface area contributed by atoms with Gasteiger partial charge in [0.15, 0.2) is 0 Å². The molecule has 0 aliphatic rings. The van der Waals surface area contributed by atoms with E-state index >= 15 is 0 Å². The highest BCUT2D eigenvalue weighted by atomic mass is 32.2. The summed E-state index contributed by atoms with van der Waals surface area (Å²) in [5.74, 6) is 1.22. The first kappa shape index (κ1) is 18.7. The smallest absolute Gasteiger partial charge is 0.236 e. The fraction of sp³-hybridized carbons (Fsp3) is 0.263. The Labute approximate surface area is 161 Å². The van der Waals surface area contributed by atoms with Crippen LogP contribution in [-0.2, 0) is 11.2 Å². The molecule has 0 atom stereocenters. The SMILES string of the molecule is CCc1nc(SCC(=O)Nc2c(C#N)c(C)c(C)n2-c2ccccc2)n[nH]1. The summed E-state index contributed by atoms with van der Waals surface area (Å²) in [5.41, 5.74) is 3.14. The minimum Gasteiger partial charge on any atom is -0.310 e. The summed E-state index contributed by atoms with van der Waals surface area (Å²) < 4.78 is 1.90. The summed E-state index contributed by atoms with van der Waals surface area (Å²) in [6.07, 6.45) is 0.758. The van der Waals surface area contributed by atoms with Crippen molar-refractivity contribution in [1.82, 2.24) is 19.7 Å². The highest BCUT2D eigenvalue weighted by Gasteiger charge is 2.20. The molecule has 3 aromatic rings. The van der Waals surface area contributed by atoms with E-state index in [0.717, 1.165) is 29.2 Å². The number of nitriles is 1. The Morgan fingerprint density at radius 2 is 2.07 bits per heavy atom. The van der Waals surface area contributed by atoms with Crippen molar-refractivity contribution in [3.63, 3.8) is 0 Å². The van der Waals surface area contributed by atoms with E-state index in [4.69, 9.17) is 0 Å². The highest BCUT2D eigenvalue weighted by Crippen LogP contribution is 2.30. The zero-order valence-electron chi connectivity index (χ0n) is 15.4. The van der Waals surface area contributed by atoms with Gasteiger partial charge >= 0.3 is 0 Å². The molecule has 0 aliphatic heterocycles. The fourth-order valence-corrected chi connectivity index (χ4v) is 3.38. The van der Waals surface area contributed by atoms with Crippen LogP contribution in [0.25, 0.3) is 5.69 Å². The average Bonchev–Trinajstić information content (AvgIpc) is 3.24. The third kappa shape index (κ3) is 3.88. The molecule has 0 bridgehead atoms. The number of H-pyrrole nitrogens is 1. The first-order valence-electron chi connectivity index (χ1n) is 8.56. The number of aromatic nitrogens is 4. The number of thioether (sulfide) groups is 1. The van der Waals surface area contributed by atoms with Gasteiger partial charge in [0.05, 0.1) is 11.3 Å². The Balaban J connectivity index is 1.84. The second-order valence-electron chi connectivity index (χ2n) is 5.97. The second kappa shape index (κ2) is 8.10. The Hall–Kier alpha value is -3.05. The summed E-state index contributed by atoms with van der Waals surface area (Å²) in [6.45, 7) is 5.80. The molecule has 0 saturated heterocycles. The van der Waals surface area contributed by atoms with Crippen molar-refractivity contribution in [3.8, 4) is 11.8 Å². The normalized spacial score (nSPS) is 10.6. The largest absolute Gasteiger partial charge is 0.310 e. The molecule has 0 aliphatic carbocycles. The quantitative estimate of drug-likeness (QED) is 0.639. The lowest BCUT2D eigenvalue weighted by Crippen LogP contribution is -2.17. The molecule has 27 heavy (non-hydrogen) atoms. The van der Waals surface area contributed by atoms with Crippen molar-refractivity contribution in [3.05, 3.63) is 53.0 Å². The van der Waals surface area contributed by atoms with Crippen LogP contribution < -0.4 is 5.32 Å². The van der Waals surface area contributed by atoms with Crippen molar-refractivity contribution < 1.29 is 4.79 Å². The molecule has 2 aromatic heterocycles. The van der Waals surface area contributed by atoms with Crippen molar-refractivity contribution in [2.45, 2.75) is 32.3 Å². The summed E-state index contributed by atoms with van der Waals surface area (Å²) >= 11 is 1.25. The van der Waals surface area contributed by atoms with Gasteiger partial charge in [-0.25, -0.2) is 4.98 Å². The van der Waals surface area contributed by atoms with E-state index < -0.39 is 0 Å². The molecule has 2 heterocycles. The Bertz CT molecular complexity index is 999. The predicted octanol–water partition coefficient (Wildman–Crippen LogP) is 3.38. The number of rotatable bonds is 6. The van der Waals surface area contributed by atoms with E-state index in [9.17, 15) is 10.1 Å². The maximum Gasteiger partial charge on any atom is 0.236 e. The number of amides is 1. The van der Waals surface area contributed by atoms with E-state index in [1.807, 2.05) is 55.7 Å². The molecule has 0 unspecified atom stereocenters. The van der Waals surface area contributed by atoms with Crippen LogP contribution in [0.4, 0.5) is 5.82 Å². The highest BCUT2D eigenvalue weighted by molar-refractivity contribution is 7.99. The maximum absolute atomic E-state index is 12.5. The summed E-state index contributed by atoms with van der Waals surface area (Å²) in [6, 6.07) is 11.9. The first-order valence-corrected chi connectivity index (χ1v) is 9.55. The van der Waals surface area contributed by atoms with Gasteiger partial charge in [-0.3, -0.25) is 14.5 Å². The Morgan fingerprint density at radius 1 is 1.33 bits per heavy atom. The van der Waals surface area contributed by atoms with Crippen LogP contribution >= 0.6 is 11.8 Å². The summed E-state index contributed by atoms with van der Waals surface area (Å²) in [7, 11) is 0. The van der Waals surface area contributed by atoms with Gasteiger partial charge in [-0.2, -0.15) is 5.26 Å². The minimum atomic E-state index is -0.214. The number of carbonyl (C=O) groups is 1. The molecular formula is C19H20N6OS. The van der Waals surface area contributed by atoms with E-state index in [1.165, 1.54) is 11.8 Å². The number of anilines is 1. The molecular weight excluding hydrogens is 360 g/mol. The summed E-state index contributed by atoms with van der Waals surface area (Å²) in [4.78, 5) is 16.8. The number of aryl methyl sites for hydroxylation is 1. The molecule has 3 rings (SSSR count). The van der Waals surface area contributed by atoms with Gasteiger partial charge in [0.1, 0.15) is 17.7 Å². The molecule has 8 heteroatoms. The Morgan fingerprint density at radius 3 is 2.70 bits per heavy atom. The monoisotopic (exact) mass is 380 g/mol. The predicted molar refractivity (Wildman–Crippen MR) is 105 cm³/mol. The first-order chi connectivity index (χ1) is 13.0. The molecule has 138 valence electrons. The number of carbonyl (C=O) groups excluding carboxylic acids is 1. The zero-order chi connectivity index (χ0) is 19.4. The van der Waals surface area contributed by atoms with Gasteiger partial charge in [0.2, 0.25) is 11.1 Å². The number of nitrogens with zero attached hydrogens (tertiary/aromatic N) is 4. The van der Waals surface area contributed by atoms with Gasteiger partial charge in [-0.05, 0) is 31.5 Å². The molecule has 0 spiro atoms. The van der Waals surface area contributed by atoms with E-state index in [-0.39, 0.29) is 11.7 Å². The van der Waals surface area contributed by atoms with Gasteiger partial charge in [-0.1, -0.05) is 36.9 Å². The van der Waals surface area contributed by atoms with E-state index in [0.29, 0.717) is 16.5 Å². The van der Waals surface area contributed by atoms with E-state index in [2.05, 4.69) is 26.6 Å². The van der Waals surface area contributed by atoms with Gasteiger partial charge in [0, 0.05) is 17.8 Å². The topological polar surface area (TPSA) is 99.4 Å². The third-order valence-electron chi connectivity index (χ3n) is 4.28. The molecule has 1 aromatic carbocycles. The second-order valence-corrected chi connectivity index (χ2v) is 6.91. The lowest BCUT2D eigenvalue weighted by Gasteiger charge is -2.12. The number of aromatic amines is 1. The molecule has 1 amide bonds. The molecule has 0 fully saturated rings. The zero-order valence-corrected chi connectivity index (χ0v) is 16.2. The summed E-state index contributed by atoms with van der Waals surface area (Å²) in [5, 5.41) is 19.9. The van der Waals surface area contributed by atoms with Crippen LogP contribution in [0.3, 0.4) is 0 Å². The lowest BCUT2D eigenvalue weighted by molar-refractivity contribution is -0.113. The molecule has 0 radical (unpaired) electrons. The fourth-order valence-electron chi connectivity index (χ4n) is 2.76. The van der Waals surface area contributed by atoms with Crippen LogP contribution in [0.2, 0.25) is 0 Å². The van der Waals surface area contributed by atoms with E-state index in [1.54, 1.807) is 0 Å². The van der Waals surface area contributed by atoms with Crippen molar-refractivity contribution in [2.24, 2.45) is 0 Å². The van der Waals surface area contributed by atoms with Crippen molar-refractivity contribution in [1.29, 1.82) is 5.26 Å². The molecule has 2 N–H and O–H groups in total. The number of benzene rings is 1. The maximum atomic E-state index is 12.5. The van der Waals surface area contributed by atoms with Crippen molar-refractivity contribution in [2.75, 3.05) is 11.1 Å². The molecule has 0 saturated carbocycles. The van der Waals surface area contributed by atoms with Crippen LogP contribution in [0.5, 0.6) is 0 Å². The lowest BCUT2D eigenvalue weighted by atomic mass is 10.2. The van der Waals surface area contributed by atoms with Crippen LogP contribution in [0.1, 0.15) is 29.6 Å². The van der Waals surface area contributed by atoms with Gasteiger partial charge in [0.25, 0.3) is 0 Å². The van der Waals surface area contributed by atoms with Crippen molar-refractivity contribution >= 4 is 23.5 Å². The van der Waals surface area contributed by atoms with Crippen LogP contribution in [0.15, 0.2) is 35.5 Å². The van der Waals surface area contributed by atoms with Gasteiger partial charge in [-0.15, -0.1) is 5.10 Å². The van der Waals surface area contributed by atoms with Crippen LogP contribution in [0, 0.1) is 25.2 Å². The van der Waals surface area contributed by atoms with Gasteiger partial charge < -0.3 is 5.32 Å². The molecule has 7 nitrogen and oxygen atoms in total. The number of para-hydroxylation sites is 1. The number of hydrogen-bond donors (Lipinski definition) is 2. The number of nitrogens with one attached hydrogen (secondary N) is 2. The third-order valence-corrected chi connectivity index (χ3v) is 5.12. The van der Waals surface area contributed by atoms with Crippen LogP contribution in [-0.4, -0.2) is 31.4 Å². The standard InChI is InChI=1S/C19H20N6OS/c1-4-16-21-19(24-23-16)27-11-17(26)22-18-15(10-20)12(2)13(3)25(18)14-8-6-5-7-9-14/h5-9H,4,11H2,1-3H3,(H,22,26)(H,21,23,24).